The maximum Gasteiger partial charge on any atom is 0.240 e. The molecule has 0 unspecified atom stereocenters. The second-order valence-corrected chi connectivity index (χ2v) is 7.04. The molecule has 19 heavy (non-hydrogen) atoms. The molecule has 1 aromatic rings. The number of sulfonamides is 1. The van der Waals surface area contributed by atoms with Crippen LogP contribution in [-0.2, 0) is 16.6 Å². The van der Waals surface area contributed by atoms with Crippen LogP contribution in [0.2, 0.25) is 0 Å². The van der Waals surface area contributed by atoms with Crippen LogP contribution in [0.1, 0.15) is 36.8 Å². The molecule has 0 heterocycles. The standard InChI is InChI=1S/C14H22N2O2S/c1-11-8-13(9-15)6-7-14(11)19(17,18)16-10-12-4-2-3-5-12/h6-8,12,16H,2-5,9-10,15H2,1H3. The summed E-state index contributed by atoms with van der Waals surface area (Å²) in [5, 5.41) is 0. The van der Waals surface area contributed by atoms with Crippen LogP contribution < -0.4 is 10.5 Å². The molecule has 0 bridgehead atoms. The lowest BCUT2D eigenvalue weighted by Crippen LogP contribution is -2.29. The lowest BCUT2D eigenvalue weighted by Gasteiger charge is -2.13. The van der Waals surface area contributed by atoms with E-state index in [9.17, 15) is 8.42 Å². The highest BCUT2D eigenvalue weighted by atomic mass is 32.2. The van der Waals surface area contributed by atoms with E-state index < -0.39 is 10.0 Å². The van der Waals surface area contributed by atoms with Gasteiger partial charge in [-0.1, -0.05) is 25.0 Å². The molecule has 0 aromatic heterocycles. The van der Waals surface area contributed by atoms with Crippen LogP contribution in [0.4, 0.5) is 0 Å². The second-order valence-electron chi connectivity index (χ2n) is 5.31. The molecule has 0 spiro atoms. The first-order valence-electron chi connectivity index (χ1n) is 6.82. The van der Waals surface area contributed by atoms with Gasteiger partial charge >= 0.3 is 0 Å². The van der Waals surface area contributed by atoms with Gasteiger partial charge in [-0.15, -0.1) is 0 Å². The number of aryl methyl sites for hydroxylation is 1. The van der Waals surface area contributed by atoms with Crippen molar-refractivity contribution in [3.8, 4) is 0 Å². The van der Waals surface area contributed by atoms with Crippen molar-refractivity contribution < 1.29 is 8.42 Å². The highest BCUT2D eigenvalue weighted by Gasteiger charge is 2.20. The molecular formula is C14H22N2O2S. The highest BCUT2D eigenvalue weighted by Crippen LogP contribution is 2.24. The Hall–Kier alpha value is -0.910. The van der Waals surface area contributed by atoms with Gasteiger partial charge < -0.3 is 5.73 Å². The molecule has 1 saturated carbocycles. The summed E-state index contributed by atoms with van der Waals surface area (Å²) >= 11 is 0. The number of hydrogen-bond donors (Lipinski definition) is 2. The van der Waals surface area contributed by atoms with Gasteiger partial charge in [0.15, 0.2) is 0 Å². The third kappa shape index (κ3) is 3.55. The number of nitrogens with one attached hydrogen (secondary N) is 1. The predicted octanol–water partition coefficient (Wildman–Crippen LogP) is 1.92. The third-order valence-electron chi connectivity index (χ3n) is 3.80. The molecule has 1 aliphatic rings. The predicted molar refractivity (Wildman–Crippen MR) is 76.2 cm³/mol. The van der Waals surface area contributed by atoms with Gasteiger partial charge in [-0.05, 0) is 42.9 Å². The van der Waals surface area contributed by atoms with Crippen molar-refractivity contribution in [3.05, 3.63) is 29.3 Å². The minimum Gasteiger partial charge on any atom is -0.326 e. The Kier molecular flexibility index (Phi) is 4.60. The molecule has 106 valence electrons. The minimum absolute atomic E-state index is 0.364. The van der Waals surface area contributed by atoms with Crippen molar-refractivity contribution in [2.75, 3.05) is 6.54 Å². The van der Waals surface area contributed by atoms with Crippen LogP contribution in [0.5, 0.6) is 0 Å². The van der Waals surface area contributed by atoms with Crippen LogP contribution >= 0.6 is 0 Å². The molecule has 0 atom stereocenters. The van der Waals surface area contributed by atoms with Crippen molar-refractivity contribution in [1.29, 1.82) is 0 Å². The van der Waals surface area contributed by atoms with Gasteiger partial charge in [0.2, 0.25) is 10.0 Å². The Morgan fingerprint density at radius 2 is 2.00 bits per heavy atom. The summed E-state index contributed by atoms with van der Waals surface area (Å²) in [5.74, 6) is 0.499. The van der Waals surface area contributed by atoms with Gasteiger partial charge in [0.25, 0.3) is 0 Å². The monoisotopic (exact) mass is 282 g/mol. The Morgan fingerprint density at radius 3 is 2.58 bits per heavy atom. The number of rotatable bonds is 5. The zero-order valence-corrected chi connectivity index (χ0v) is 12.2. The zero-order valence-electron chi connectivity index (χ0n) is 11.4. The molecule has 0 saturated heterocycles. The van der Waals surface area contributed by atoms with Gasteiger partial charge in [0.1, 0.15) is 0 Å². The summed E-state index contributed by atoms with van der Waals surface area (Å²) in [5.41, 5.74) is 7.26. The van der Waals surface area contributed by atoms with E-state index in [-0.39, 0.29) is 0 Å². The largest absolute Gasteiger partial charge is 0.326 e. The molecule has 0 radical (unpaired) electrons. The smallest absolute Gasteiger partial charge is 0.240 e. The van der Waals surface area contributed by atoms with E-state index in [2.05, 4.69) is 4.72 Å². The Morgan fingerprint density at radius 1 is 1.32 bits per heavy atom. The summed E-state index contributed by atoms with van der Waals surface area (Å²) in [6.07, 6.45) is 4.70. The van der Waals surface area contributed by atoms with Crippen LogP contribution in [-0.4, -0.2) is 15.0 Å². The van der Waals surface area contributed by atoms with Crippen molar-refractivity contribution in [1.82, 2.24) is 4.72 Å². The van der Waals surface area contributed by atoms with Crippen molar-refractivity contribution >= 4 is 10.0 Å². The highest BCUT2D eigenvalue weighted by molar-refractivity contribution is 7.89. The maximum absolute atomic E-state index is 12.3. The van der Waals surface area contributed by atoms with Gasteiger partial charge in [0.05, 0.1) is 4.90 Å². The fraction of sp³-hybridized carbons (Fsp3) is 0.571. The fourth-order valence-electron chi connectivity index (χ4n) is 2.66. The molecule has 5 heteroatoms. The lowest BCUT2D eigenvalue weighted by atomic mass is 10.1. The van der Waals surface area contributed by atoms with Gasteiger partial charge in [-0.2, -0.15) is 0 Å². The normalized spacial score (nSPS) is 16.9. The van der Waals surface area contributed by atoms with Crippen molar-refractivity contribution in [2.24, 2.45) is 11.7 Å². The maximum atomic E-state index is 12.3. The lowest BCUT2D eigenvalue weighted by molar-refractivity contribution is 0.519. The molecule has 1 fully saturated rings. The van der Waals surface area contributed by atoms with Crippen molar-refractivity contribution in [2.45, 2.75) is 44.0 Å². The van der Waals surface area contributed by atoms with E-state index in [0.717, 1.165) is 24.0 Å². The minimum atomic E-state index is -3.39. The van der Waals surface area contributed by atoms with Crippen LogP contribution in [0.15, 0.2) is 23.1 Å². The Bertz CT molecular complexity index is 534. The van der Waals surface area contributed by atoms with E-state index in [1.165, 1.54) is 12.8 Å². The quantitative estimate of drug-likeness (QED) is 0.866. The molecule has 0 aliphatic heterocycles. The topological polar surface area (TPSA) is 72.2 Å². The van der Waals surface area contributed by atoms with Gasteiger partial charge in [-0.25, -0.2) is 13.1 Å². The van der Waals surface area contributed by atoms with Crippen LogP contribution in [0, 0.1) is 12.8 Å². The SMILES string of the molecule is Cc1cc(CN)ccc1S(=O)(=O)NCC1CCCC1. The van der Waals surface area contributed by atoms with E-state index in [1.54, 1.807) is 12.1 Å². The molecule has 1 aromatic carbocycles. The molecule has 2 rings (SSSR count). The first-order valence-corrected chi connectivity index (χ1v) is 8.30. The number of nitrogens with two attached hydrogens (primary N) is 1. The first-order chi connectivity index (χ1) is 9.03. The number of hydrogen-bond acceptors (Lipinski definition) is 3. The fourth-order valence-corrected chi connectivity index (χ4v) is 4.00. The van der Waals surface area contributed by atoms with E-state index in [0.29, 0.717) is 23.9 Å². The van der Waals surface area contributed by atoms with E-state index in [1.807, 2.05) is 13.0 Å². The molecule has 1 aliphatic carbocycles. The second kappa shape index (κ2) is 6.03. The average Bonchev–Trinajstić information content (AvgIpc) is 2.89. The van der Waals surface area contributed by atoms with Gasteiger partial charge in [0, 0.05) is 13.1 Å². The number of benzene rings is 1. The Balaban J connectivity index is 2.10. The van der Waals surface area contributed by atoms with E-state index >= 15 is 0 Å². The van der Waals surface area contributed by atoms with Crippen molar-refractivity contribution in [3.63, 3.8) is 0 Å². The summed E-state index contributed by atoms with van der Waals surface area (Å²) in [6, 6.07) is 5.26. The summed E-state index contributed by atoms with van der Waals surface area (Å²) < 4.78 is 27.3. The molecule has 3 N–H and O–H groups in total. The zero-order chi connectivity index (χ0) is 13.9. The average molecular weight is 282 g/mol. The van der Waals surface area contributed by atoms with E-state index in [4.69, 9.17) is 5.73 Å². The molecule has 0 amide bonds. The van der Waals surface area contributed by atoms with Crippen LogP contribution in [0.3, 0.4) is 0 Å². The third-order valence-corrected chi connectivity index (χ3v) is 5.39. The Labute approximate surface area is 115 Å². The summed E-state index contributed by atoms with van der Waals surface area (Å²) in [4.78, 5) is 0.364. The summed E-state index contributed by atoms with van der Waals surface area (Å²) in [7, 11) is -3.39. The van der Waals surface area contributed by atoms with Crippen LogP contribution in [0.25, 0.3) is 0 Å². The molecular weight excluding hydrogens is 260 g/mol. The first kappa shape index (κ1) is 14.5. The molecule has 4 nitrogen and oxygen atoms in total. The van der Waals surface area contributed by atoms with Gasteiger partial charge in [-0.3, -0.25) is 0 Å². The summed E-state index contributed by atoms with van der Waals surface area (Å²) in [6.45, 7) is 2.79.